The van der Waals surface area contributed by atoms with Crippen molar-refractivity contribution in [1.82, 2.24) is 0 Å². The molecule has 0 aromatic heterocycles. The first-order chi connectivity index (χ1) is 14.2. The molecule has 0 heterocycles. The van der Waals surface area contributed by atoms with E-state index in [2.05, 4.69) is 45.0 Å². The van der Waals surface area contributed by atoms with Crippen LogP contribution in [-0.2, 0) is 23.5 Å². The van der Waals surface area contributed by atoms with Gasteiger partial charge in [0.2, 0.25) is 0 Å². The number of esters is 2. The van der Waals surface area contributed by atoms with E-state index in [0.717, 1.165) is 0 Å². The van der Waals surface area contributed by atoms with E-state index in [9.17, 15) is 9.59 Å². The van der Waals surface area contributed by atoms with Crippen LogP contribution in [0.25, 0.3) is 0 Å². The molecular weight excluding hydrogens is 396 g/mol. The molecule has 0 bridgehead atoms. The largest absolute Gasteiger partial charge is 0.421 e. The van der Waals surface area contributed by atoms with Crippen LogP contribution in [0.2, 0.25) is 5.04 Å². The Morgan fingerprint density at radius 2 is 1.30 bits per heavy atom. The van der Waals surface area contributed by atoms with Gasteiger partial charge in [0, 0.05) is 13.8 Å². The number of carbonyl (C=O) groups excluding carboxylic acids is 2. The Bertz CT molecular complexity index is 801. The maximum Gasteiger partial charge on any atom is 0.305 e. The van der Waals surface area contributed by atoms with Gasteiger partial charge in [-0.1, -0.05) is 87.5 Å². The summed E-state index contributed by atoms with van der Waals surface area (Å²) in [5, 5.41) is 2.21. The molecule has 0 aliphatic heterocycles. The molecule has 0 aliphatic carbocycles. The topological polar surface area (TPSA) is 61.8 Å². The van der Waals surface area contributed by atoms with Gasteiger partial charge in [0.05, 0.1) is 6.61 Å². The second-order valence-corrected chi connectivity index (χ2v) is 12.3. The highest BCUT2D eigenvalue weighted by Gasteiger charge is 2.49. The molecular formula is C24H30O5Si. The van der Waals surface area contributed by atoms with Crippen molar-refractivity contribution in [2.75, 3.05) is 6.61 Å². The quantitative estimate of drug-likeness (QED) is 0.279. The summed E-state index contributed by atoms with van der Waals surface area (Å²) in [5.74, 6) is -1.06. The zero-order valence-corrected chi connectivity index (χ0v) is 19.3. The number of hydrogen-bond acceptors (Lipinski definition) is 5. The van der Waals surface area contributed by atoms with Crippen molar-refractivity contribution in [3.05, 3.63) is 72.8 Å². The maximum atomic E-state index is 11.3. The van der Waals surface area contributed by atoms with Gasteiger partial charge < -0.3 is 13.9 Å². The standard InChI is InChI=1S/C24H30O5Si/c1-19(25)28-23(29-20(2)26)17-12-18-27-30(24(3,4)5,21-13-8-6-9-14-21)22-15-10-7-11-16-22/h6-17,23H,18H2,1-5H3/b17-12+. The fourth-order valence-electron chi connectivity index (χ4n) is 3.53. The monoisotopic (exact) mass is 426 g/mol. The van der Waals surface area contributed by atoms with E-state index in [-0.39, 0.29) is 11.6 Å². The smallest absolute Gasteiger partial charge is 0.305 e. The van der Waals surface area contributed by atoms with E-state index >= 15 is 0 Å². The lowest BCUT2D eigenvalue weighted by atomic mass is 10.2. The lowest BCUT2D eigenvalue weighted by molar-refractivity contribution is -0.176. The van der Waals surface area contributed by atoms with Gasteiger partial charge in [-0.3, -0.25) is 9.59 Å². The highest BCUT2D eigenvalue weighted by molar-refractivity contribution is 6.99. The van der Waals surface area contributed by atoms with Crippen molar-refractivity contribution in [3.63, 3.8) is 0 Å². The second kappa shape index (κ2) is 10.4. The summed E-state index contributed by atoms with van der Waals surface area (Å²) in [6.45, 7) is 9.41. The molecule has 0 spiro atoms. The zero-order valence-electron chi connectivity index (χ0n) is 18.3. The van der Waals surface area contributed by atoms with Gasteiger partial charge >= 0.3 is 11.9 Å². The minimum Gasteiger partial charge on any atom is -0.421 e. The van der Waals surface area contributed by atoms with Crippen LogP contribution in [0.15, 0.2) is 72.8 Å². The summed E-state index contributed by atoms with van der Waals surface area (Å²) in [6, 6.07) is 20.6. The van der Waals surface area contributed by atoms with Gasteiger partial charge in [-0.05, 0) is 21.5 Å². The predicted octanol–water partition coefficient (Wildman–Crippen LogP) is 3.57. The van der Waals surface area contributed by atoms with Crippen molar-refractivity contribution in [2.24, 2.45) is 0 Å². The Hall–Kier alpha value is -2.70. The summed E-state index contributed by atoms with van der Waals surface area (Å²) in [5.41, 5.74) is 0. The molecule has 0 N–H and O–H groups in total. The molecule has 6 heteroatoms. The third-order valence-electron chi connectivity index (χ3n) is 4.67. The highest BCUT2D eigenvalue weighted by Crippen LogP contribution is 2.36. The molecule has 160 valence electrons. The van der Waals surface area contributed by atoms with E-state index in [1.165, 1.54) is 30.3 Å². The molecule has 0 radical (unpaired) electrons. The van der Waals surface area contributed by atoms with Gasteiger partial charge in [-0.15, -0.1) is 0 Å². The fourth-order valence-corrected chi connectivity index (χ4v) is 8.03. The first kappa shape index (κ1) is 23.6. The molecule has 2 rings (SSSR count). The van der Waals surface area contributed by atoms with Gasteiger partial charge in [0.1, 0.15) is 0 Å². The fraction of sp³-hybridized carbons (Fsp3) is 0.333. The van der Waals surface area contributed by atoms with Crippen LogP contribution in [-0.4, -0.2) is 33.2 Å². The van der Waals surface area contributed by atoms with Crippen molar-refractivity contribution >= 4 is 30.6 Å². The van der Waals surface area contributed by atoms with Crippen molar-refractivity contribution in [3.8, 4) is 0 Å². The van der Waals surface area contributed by atoms with Gasteiger partial charge in [-0.25, -0.2) is 0 Å². The lowest BCUT2D eigenvalue weighted by Gasteiger charge is -2.42. The third-order valence-corrected chi connectivity index (χ3v) is 9.68. The molecule has 0 unspecified atom stereocenters. The van der Waals surface area contributed by atoms with Crippen molar-refractivity contribution < 1.29 is 23.5 Å². The molecule has 0 aliphatic rings. The summed E-state index contributed by atoms with van der Waals surface area (Å²) in [7, 11) is -2.65. The van der Waals surface area contributed by atoms with Crippen molar-refractivity contribution in [1.29, 1.82) is 0 Å². The molecule has 0 saturated heterocycles. The third kappa shape index (κ3) is 5.90. The normalized spacial score (nSPS) is 12.2. The van der Waals surface area contributed by atoms with Gasteiger partial charge in [-0.2, -0.15) is 0 Å². The van der Waals surface area contributed by atoms with E-state index in [1.807, 2.05) is 36.4 Å². The number of ether oxygens (including phenoxy) is 2. The Morgan fingerprint density at radius 3 is 1.67 bits per heavy atom. The minimum absolute atomic E-state index is 0.144. The summed E-state index contributed by atoms with van der Waals surface area (Å²) < 4.78 is 16.7. The Labute approximate surface area is 179 Å². The number of carbonyl (C=O) groups is 2. The molecule has 2 aromatic carbocycles. The average Bonchev–Trinajstić information content (AvgIpc) is 2.67. The van der Waals surface area contributed by atoms with E-state index < -0.39 is 26.5 Å². The number of hydrogen-bond donors (Lipinski definition) is 0. The number of rotatable bonds is 8. The molecule has 2 aromatic rings. The van der Waals surface area contributed by atoms with E-state index in [1.54, 1.807) is 6.08 Å². The Kier molecular flexibility index (Phi) is 8.14. The van der Waals surface area contributed by atoms with E-state index in [0.29, 0.717) is 0 Å². The second-order valence-electron chi connectivity index (χ2n) is 7.99. The van der Waals surface area contributed by atoms with Crippen LogP contribution in [0.5, 0.6) is 0 Å². The summed E-state index contributed by atoms with van der Waals surface area (Å²) in [6.07, 6.45) is 2.19. The molecule has 0 amide bonds. The highest BCUT2D eigenvalue weighted by atomic mass is 28.4. The molecule has 30 heavy (non-hydrogen) atoms. The zero-order chi connectivity index (χ0) is 22.2. The number of benzene rings is 2. The Balaban J connectivity index is 2.37. The van der Waals surface area contributed by atoms with E-state index in [4.69, 9.17) is 13.9 Å². The molecule has 0 atom stereocenters. The first-order valence-corrected chi connectivity index (χ1v) is 11.8. The van der Waals surface area contributed by atoms with Crippen molar-refractivity contribution in [2.45, 2.75) is 45.9 Å². The summed E-state index contributed by atoms with van der Waals surface area (Å²) in [4.78, 5) is 22.5. The van der Waals surface area contributed by atoms with Gasteiger partial charge in [0.15, 0.2) is 0 Å². The van der Waals surface area contributed by atoms with Crippen LogP contribution < -0.4 is 10.4 Å². The van der Waals surface area contributed by atoms with Crippen LogP contribution >= 0.6 is 0 Å². The minimum atomic E-state index is -2.65. The van der Waals surface area contributed by atoms with Crippen LogP contribution in [0.4, 0.5) is 0 Å². The van der Waals surface area contributed by atoms with Crippen LogP contribution in [0.1, 0.15) is 34.6 Å². The molecule has 0 fully saturated rings. The van der Waals surface area contributed by atoms with Crippen LogP contribution in [0, 0.1) is 0 Å². The lowest BCUT2D eigenvalue weighted by Crippen LogP contribution is -2.66. The van der Waals surface area contributed by atoms with Gasteiger partial charge in [0.25, 0.3) is 14.6 Å². The molecule has 5 nitrogen and oxygen atoms in total. The summed E-state index contributed by atoms with van der Waals surface area (Å²) >= 11 is 0. The van der Waals surface area contributed by atoms with Crippen LogP contribution in [0.3, 0.4) is 0 Å². The maximum absolute atomic E-state index is 11.3. The SMILES string of the molecule is CC(=O)OC(/C=C/CO[Si](c1ccccc1)(c1ccccc1)C(C)(C)C)OC(C)=O. The molecule has 0 saturated carbocycles. The Morgan fingerprint density at radius 1 is 0.867 bits per heavy atom. The first-order valence-electron chi connectivity index (χ1n) is 9.93. The average molecular weight is 427 g/mol. The predicted molar refractivity (Wildman–Crippen MR) is 120 cm³/mol.